The molecule has 0 fully saturated rings. The fraction of sp³-hybridized carbons (Fsp3) is 0.333. The van der Waals surface area contributed by atoms with Crippen molar-refractivity contribution in [2.24, 2.45) is 16.8 Å². The first-order valence-electron chi connectivity index (χ1n) is 4.73. The lowest BCUT2D eigenvalue weighted by atomic mass is 10.1. The maximum Gasteiger partial charge on any atom is 0.400 e. The van der Waals surface area contributed by atoms with Crippen LogP contribution < -0.4 is 11.1 Å². The molecule has 0 spiro atoms. The normalized spacial score (nSPS) is 14.3. The second kappa shape index (κ2) is 5.89. The average Bonchev–Trinajstić information content (AvgIpc) is 2.27. The van der Waals surface area contributed by atoms with Gasteiger partial charge in [0.1, 0.15) is 5.92 Å². The van der Waals surface area contributed by atoms with Gasteiger partial charge >= 0.3 is 6.18 Å². The Balaban J connectivity index is 2.75. The van der Waals surface area contributed by atoms with Crippen LogP contribution >= 0.6 is 15.9 Å². The molecule has 18 heavy (non-hydrogen) atoms. The van der Waals surface area contributed by atoms with Crippen LogP contribution in [0.5, 0.6) is 0 Å². The number of rotatable bonds is 4. The number of nitrogens with one attached hydrogen (secondary N) is 1. The zero-order chi connectivity index (χ0) is 13.8. The molecule has 0 radical (unpaired) electrons. The van der Waals surface area contributed by atoms with Gasteiger partial charge in [-0.1, -0.05) is 5.16 Å². The van der Waals surface area contributed by atoms with Crippen molar-refractivity contribution in [1.82, 2.24) is 4.98 Å². The van der Waals surface area contributed by atoms with Gasteiger partial charge in [-0.05, 0) is 22.0 Å². The fourth-order valence-electron chi connectivity index (χ4n) is 1.19. The Labute approximate surface area is 109 Å². The number of pyridine rings is 1. The number of amidine groups is 1. The lowest BCUT2D eigenvalue weighted by Gasteiger charge is -2.19. The van der Waals surface area contributed by atoms with Gasteiger partial charge in [0.25, 0.3) is 0 Å². The Morgan fingerprint density at radius 1 is 1.56 bits per heavy atom. The van der Waals surface area contributed by atoms with Gasteiger partial charge in [-0.2, -0.15) is 13.2 Å². The maximum atomic E-state index is 12.6. The van der Waals surface area contributed by atoms with Crippen molar-refractivity contribution in [3.63, 3.8) is 0 Å². The van der Waals surface area contributed by atoms with Crippen LogP contribution in [0.3, 0.4) is 0 Å². The van der Waals surface area contributed by atoms with Gasteiger partial charge in [-0.3, -0.25) is 4.98 Å². The highest BCUT2D eigenvalue weighted by Gasteiger charge is 2.42. The van der Waals surface area contributed by atoms with Gasteiger partial charge in [-0.15, -0.1) is 0 Å². The van der Waals surface area contributed by atoms with E-state index < -0.39 is 24.5 Å². The molecule has 5 nitrogen and oxygen atoms in total. The summed E-state index contributed by atoms with van der Waals surface area (Å²) in [6.45, 7) is -0.544. The van der Waals surface area contributed by atoms with Crippen molar-refractivity contribution in [2.45, 2.75) is 6.18 Å². The predicted molar refractivity (Wildman–Crippen MR) is 63.4 cm³/mol. The van der Waals surface area contributed by atoms with E-state index in [4.69, 9.17) is 10.9 Å². The smallest absolute Gasteiger partial charge is 0.400 e. The zero-order valence-corrected chi connectivity index (χ0v) is 10.5. The third-order valence-electron chi connectivity index (χ3n) is 2.08. The molecule has 0 saturated heterocycles. The van der Waals surface area contributed by atoms with Crippen LogP contribution in [0.25, 0.3) is 0 Å². The standard InChI is InChI=1S/C9H10BrF3N4O/c10-5-1-6(3-15-2-5)16-4-7(8(14)17-18)9(11,12)13/h1-3,7,16,18H,4H2,(H2,14,17). The molecule has 9 heteroatoms. The summed E-state index contributed by atoms with van der Waals surface area (Å²) in [5, 5.41) is 13.2. The SMILES string of the molecule is N/C(=N/O)C(CNc1cncc(Br)c1)C(F)(F)F. The van der Waals surface area contributed by atoms with E-state index in [0.29, 0.717) is 10.2 Å². The molecule has 0 aromatic carbocycles. The summed E-state index contributed by atoms with van der Waals surface area (Å²) >= 11 is 3.14. The number of hydrogen-bond donors (Lipinski definition) is 3. The number of halogens is 4. The van der Waals surface area contributed by atoms with Crippen LogP contribution in [0.1, 0.15) is 0 Å². The molecule has 1 aromatic rings. The van der Waals surface area contributed by atoms with Crippen LogP contribution in [-0.2, 0) is 0 Å². The molecule has 1 atom stereocenters. The Kier molecular flexibility index (Phi) is 4.76. The van der Waals surface area contributed by atoms with Crippen molar-refractivity contribution in [3.8, 4) is 0 Å². The molecule has 4 N–H and O–H groups in total. The summed E-state index contributed by atoms with van der Waals surface area (Å²) in [6.07, 6.45) is -1.73. The molecular weight excluding hydrogens is 317 g/mol. The van der Waals surface area contributed by atoms with Crippen molar-refractivity contribution in [2.75, 3.05) is 11.9 Å². The molecule has 0 amide bonds. The number of anilines is 1. The second-order valence-electron chi connectivity index (χ2n) is 3.39. The topological polar surface area (TPSA) is 83.5 Å². The van der Waals surface area contributed by atoms with Crippen LogP contribution in [-0.4, -0.2) is 28.7 Å². The van der Waals surface area contributed by atoms with Gasteiger partial charge < -0.3 is 16.3 Å². The van der Waals surface area contributed by atoms with Crippen molar-refractivity contribution < 1.29 is 18.4 Å². The van der Waals surface area contributed by atoms with Gasteiger partial charge in [0.05, 0.1) is 11.9 Å². The summed E-state index contributed by atoms with van der Waals surface area (Å²) in [4.78, 5) is 3.79. The number of hydrogen-bond acceptors (Lipinski definition) is 4. The van der Waals surface area contributed by atoms with Crippen LogP contribution in [0, 0.1) is 5.92 Å². The summed E-state index contributed by atoms with van der Waals surface area (Å²) in [6, 6.07) is 1.56. The quantitative estimate of drug-likeness (QED) is 0.343. The van der Waals surface area contributed by atoms with E-state index in [1.54, 1.807) is 6.07 Å². The first-order valence-corrected chi connectivity index (χ1v) is 5.52. The Hall–Kier alpha value is -1.51. The van der Waals surface area contributed by atoms with Crippen LogP contribution in [0.4, 0.5) is 18.9 Å². The first kappa shape index (κ1) is 14.6. The molecule has 0 aliphatic heterocycles. The van der Waals surface area contributed by atoms with E-state index in [-0.39, 0.29) is 0 Å². The molecular formula is C9H10BrF3N4O. The molecule has 1 heterocycles. The Morgan fingerprint density at radius 3 is 2.72 bits per heavy atom. The highest BCUT2D eigenvalue weighted by atomic mass is 79.9. The lowest BCUT2D eigenvalue weighted by molar-refractivity contribution is -0.152. The second-order valence-corrected chi connectivity index (χ2v) is 4.31. The van der Waals surface area contributed by atoms with Crippen molar-refractivity contribution in [1.29, 1.82) is 0 Å². The molecule has 0 aliphatic carbocycles. The maximum absolute atomic E-state index is 12.6. The van der Waals surface area contributed by atoms with E-state index in [9.17, 15) is 13.2 Å². The van der Waals surface area contributed by atoms with E-state index >= 15 is 0 Å². The zero-order valence-electron chi connectivity index (χ0n) is 8.95. The monoisotopic (exact) mass is 326 g/mol. The van der Waals surface area contributed by atoms with E-state index in [1.165, 1.54) is 12.4 Å². The number of alkyl halides is 3. The Bertz CT molecular complexity index is 438. The minimum absolute atomic E-state index is 0.393. The highest BCUT2D eigenvalue weighted by Crippen LogP contribution is 2.27. The van der Waals surface area contributed by atoms with Gasteiger partial charge in [0, 0.05) is 17.2 Å². The van der Waals surface area contributed by atoms with Crippen molar-refractivity contribution in [3.05, 3.63) is 22.9 Å². The van der Waals surface area contributed by atoms with Crippen molar-refractivity contribution >= 4 is 27.5 Å². The fourth-order valence-corrected chi connectivity index (χ4v) is 1.55. The number of aromatic nitrogens is 1. The minimum atomic E-state index is -4.59. The molecule has 0 aliphatic rings. The summed E-state index contributed by atoms with van der Waals surface area (Å²) < 4.78 is 38.4. The van der Waals surface area contributed by atoms with Gasteiger partial charge in [0.2, 0.25) is 0 Å². The first-order chi connectivity index (χ1) is 8.34. The number of nitrogens with zero attached hydrogens (tertiary/aromatic N) is 2. The molecule has 1 unspecified atom stereocenters. The van der Waals surface area contributed by atoms with E-state index in [2.05, 4.69) is 31.4 Å². The molecule has 100 valence electrons. The molecule has 1 aromatic heterocycles. The molecule has 1 rings (SSSR count). The largest absolute Gasteiger partial charge is 0.409 e. The Morgan fingerprint density at radius 2 is 2.22 bits per heavy atom. The third-order valence-corrected chi connectivity index (χ3v) is 2.52. The van der Waals surface area contributed by atoms with E-state index in [0.717, 1.165) is 0 Å². The third kappa shape index (κ3) is 4.06. The summed E-state index contributed by atoms with van der Waals surface area (Å²) in [7, 11) is 0. The van der Waals surface area contributed by atoms with Crippen LogP contribution in [0.2, 0.25) is 0 Å². The minimum Gasteiger partial charge on any atom is -0.409 e. The predicted octanol–water partition coefficient (Wildman–Crippen LogP) is 2.18. The van der Waals surface area contributed by atoms with Gasteiger partial charge in [-0.25, -0.2) is 0 Å². The lowest BCUT2D eigenvalue weighted by Crippen LogP contribution is -2.40. The summed E-state index contributed by atoms with van der Waals surface area (Å²) in [5.74, 6) is -2.96. The number of nitrogens with two attached hydrogens (primary N) is 1. The van der Waals surface area contributed by atoms with Gasteiger partial charge in [0.15, 0.2) is 5.84 Å². The van der Waals surface area contributed by atoms with E-state index in [1.807, 2.05) is 0 Å². The highest BCUT2D eigenvalue weighted by molar-refractivity contribution is 9.10. The summed E-state index contributed by atoms with van der Waals surface area (Å²) in [5.41, 5.74) is 5.41. The van der Waals surface area contributed by atoms with Crippen LogP contribution in [0.15, 0.2) is 28.1 Å². The molecule has 0 saturated carbocycles. The average molecular weight is 327 g/mol. The number of oxime groups is 1. The molecule has 0 bridgehead atoms.